The molecule has 1 aliphatic rings. The van der Waals surface area contributed by atoms with Crippen LogP contribution in [0.3, 0.4) is 0 Å². The third-order valence-electron chi connectivity index (χ3n) is 4.32. The number of rotatable bonds is 9. The minimum absolute atomic E-state index is 0.161. The van der Waals surface area contributed by atoms with Gasteiger partial charge in [0, 0.05) is 18.0 Å². The first-order chi connectivity index (χ1) is 9.68. The van der Waals surface area contributed by atoms with Gasteiger partial charge in [-0.05, 0) is 51.6 Å². The van der Waals surface area contributed by atoms with Gasteiger partial charge in [-0.1, -0.05) is 31.6 Å². The molecule has 2 unspecified atom stereocenters. The summed E-state index contributed by atoms with van der Waals surface area (Å²) in [7, 11) is 3.75. The molecule has 0 amide bonds. The van der Waals surface area contributed by atoms with E-state index in [4.69, 9.17) is 4.84 Å². The molecule has 0 aliphatic heterocycles. The van der Waals surface area contributed by atoms with Gasteiger partial charge in [0.05, 0.1) is 7.11 Å². The Kier molecular flexibility index (Phi) is 8.12. The number of hydroxylamine groups is 1. The van der Waals surface area contributed by atoms with Crippen LogP contribution in [0.2, 0.25) is 0 Å². The number of nitrogens with one attached hydrogen (secondary N) is 2. The molecule has 1 rings (SSSR count). The summed E-state index contributed by atoms with van der Waals surface area (Å²) in [5.74, 6) is 0. The van der Waals surface area contributed by atoms with Gasteiger partial charge < -0.3 is 10.2 Å². The Morgan fingerprint density at radius 1 is 1.40 bits per heavy atom. The Bertz CT molecular complexity index is 325. The number of hydrogen-bond donors (Lipinski definition) is 2. The Morgan fingerprint density at radius 2 is 2.20 bits per heavy atom. The number of allylic oxidation sites excluding steroid dienone is 3. The van der Waals surface area contributed by atoms with E-state index in [1.54, 1.807) is 7.11 Å². The van der Waals surface area contributed by atoms with Gasteiger partial charge in [-0.25, -0.2) is 5.48 Å². The van der Waals surface area contributed by atoms with Crippen molar-refractivity contribution in [2.24, 2.45) is 5.41 Å². The third-order valence-corrected chi connectivity index (χ3v) is 4.32. The van der Waals surface area contributed by atoms with Crippen molar-refractivity contribution < 1.29 is 4.84 Å². The second-order valence-electron chi connectivity index (χ2n) is 5.94. The minimum atomic E-state index is 0.161. The van der Waals surface area contributed by atoms with Gasteiger partial charge in [-0.15, -0.1) is 0 Å². The van der Waals surface area contributed by atoms with Crippen molar-refractivity contribution in [1.29, 1.82) is 0 Å². The summed E-state index contributed by atoms with van der Waals surface area (Å²) in [6.45, 7) is 5.41. The largest absolute Gasteiger partial charge is 0.317 e. The van der Waals surface area contributed by atoms with Crippen LogP contribution in [0, 0.1) is 5.41 Å². The molecule has 0 bridgehead atoms. The van der Waals surface area contributed by atoms with E-state index in [-0.39, 0.29) is 5.41 Å². The van der Waals surface area contributed by atoms with Crippen molar-refractivity contribution in [2.75, 3.05) is 20.7 Å². The standard InChI is InChI=1S/C17H32N2O/c1-5-12-17(14-19-20-4,13-15(2)18-3)16-10-8-6-7-9-11-16/h8,10-11,15,18-19H,5-7,9,12-14H2,1-4H3. The third kappa shape index (κ3) is 5.04. The van der Waals surface area contributed by atoms with Gasteiger partial charge in [0.15, 0.2) is 0 Å². The van der Waals surface area contributed by atoms with Crippen molar-refractivity contribution in [3.63, 3.8) is 0 Å². The van der Waals surface area contributed by atoms with Crippen LogP contribution < -0.4 is 10.8 Å². The molecule has 1 aliphatic carbocycles. The lowest BCUT2D eigenvalue weighted by Crippen LogP contribution is -2.40. The molecule has 0 aromatic carbocycles. The molecule has 20 heavy (non-hydrogen) atoms. The molecule has 0 radical (unpaired) electrons. The highest BCUT2D eigenvalue weighted by atomic mass is 16.6. The van der Waals surface area contributed by atoms with Gasteiger partial charge in [-0.3, -0.25) is 0 Å². The molecule has 0 aromatic heterocycles. The smallest absolute Gasteiger partial charge is 0.0572 e. The van der Waals surface area contributed by atoms with E-state index in [0.29, 0.717) is 6.04 Å². The Morgan fingerprint density at radius 3 is 2.85 bits per heavy atom. The molecule has 2 atom stereocenters. The molecule has 0 saturated carbocycles. The lowest BCUT2D eigenvalue weighted by Gasteiger charge is -2.37. The van der Waals surface area contributed by atoms with E-state index in [2.05, 4.69) is 42.9 Å². The van der Waals surface area contributed by atoms with E-state index in [1.807, 2.05) is 7.05 Å². The summed E-state index contributed by atoms with van der Waals surface area (Å²) in [5.41, 5.74) is 4.77. The highest BCUT2D eigenvalue weighted by Crippen LogP contribution is 2.39. The lowest BCUT2D eigenvalue weighted by atomic mass is 9.71. The maximum absolute atomic E-state index is 5.16. The molecular weight excluding hydrogens is 248 g/mol. The van der Waals surface area contributed by atoms with E-state index >= 15 is 0 Å². The van der Waals surface area contributed by atoms with Crippen LogP contribution in [0.1, 0.15) is 52.4 Å². The van der Waals surface area contributed by atoms with E-state index < -0.39 is 0 Å². The van der Waals surface area contributed by atoms with Gasteiger partial charge in [0.1, 0.15) is 0 Å². The van der Waals surface area contributed by atoms with Crippen LogP contribution in [0.15, 0.2) is 23.8 Å². The zero-order valence-corrected chi connectivity index (χ0v) is 13.7. The van der Waals surface area contributed by atoms with Gasteiger partial charge in [0.2, 0.25) is 0 Å². The maximum atomic E-state index is 5.16. The predicted molar refractivity (Wildman–Crippen MR) is 86.6 cm³/mol. The zero-order valence-electron chi connectivity index (χ0n) is 13.7. The van der Waals surface area contributed by atoms with Crippen LogP contribution in [-0.4, -0.2) is 26.7 Å². The molecule has 3 heteroatoms. The Labute approximate surface area is 124 Å². The molecule has 3 nitrogen and oxygen atoms in total. The topological polar surface area (TPSA) is 33.3 Å². The first-order valence-electron chi connectivity index (χ1n) is 7.99. The fraction of sp³-hybridized carbons (Fsp3) is 0.765. The second kappa shape index (κ2) is 9.32. The SMILES string of the molecule is CCCC(CNOC)(CC(C)NC)C1=CCCCC=C1. The van der Waals surface area contributed by atoms with Crippen LogP contribution in [-0.2, 0) is 4.84 Å². The van der Waals surface area contributed by atoms with Crippen molar-refractivity contribution in [3.05, 3.63) is 23.8 Å². The fourth-order valence-corrected chi connectivity index (χ4v) is 3.17. The summed E-state index contributed by atoms with van der Waals surface area (Å²) in [5, 5.41) is 3.39. The highest BCUT2D eigenvalue weighted by molar-refractivity contribution is 5.29. The first-order valence-corrected chi connectivity index (χ1v) is 7.99. The molecule has 0 saturated heterocycles. The summed E-state index contributed by atoms with van der Waals surface area (Å²) in [6.07, 6.45) is 14.3. The minimum Gasteiger partial charge on any atom is -0.317 e. The molecule has 0 spiro atoms. The van der Waals surface area contributed by atoms with E-state index in [9.17, 15) is 0 Å². The molecule has 0 heterocycles. The van der Waals surface area contributed by atoms with Crippen LogP contribution in [0.25, 0.3) is 0 Å². The van der Waals surface area contributed by atoms with E-state index in [1.165, 1.54) is 37.7 Å². The van der Waals surface area contributed by atoms with E-state index in [0.717, 1.165) is 13.0 Å². The zero-order chi connectivity index (χ0) is 14.8. The van der Waals surface area contributed by atoms with Gasteiger partial charge >= 0.3 is 0 Å². The van der Waals surface area contributed by atoms with Crippen molar-refractivity contribution in [3.8, 4) is 0 Å². The Balaban J connectivity index is 3.01. The second-order valence-corrected chi connectivity index (χ2v) is 5.94. The fourth-order valence-electron chi connectivity index (χ4n) is 3.17. The summed E-state index contributed by atoms with van der Waals surface area (Å²) in [4.78, 5) is 5.16. The maximum Gasteiger partial charge on any atom is 0.0572 e. The molecule has 2 N–H and O–H groups in total. The van der Waals surface area contributed by atoms with Crippen LogP contribution >= 0.6 is 0 Å². The quantitative estimate of drug-likeness (QED) is 0.633. The average molecular weight is 280 g/mol. The highest BCUT2D eigenvalue weighted by Gasteiger charge is 2.33. The molecule has 116 valence electrons. The first kappa shape index (κ1) is 17.4. The average Bonchev–Trinajstić information content (AvgIpc) is 2.74. The normalized spacial score (nSPS) is 20.1. The summed E-state index contributed by atoms with van der Waals surface area (Å²) in [6, 6.07) is 0.498. The van der Waals surface area contributed by atoms with Gasteiger partial charge in [-0.2, -0.15) is 0 Å². The van der Waals surface area contributed by atoms with Gasteiger partial charge in [0.25, 0.3) is 0 Å². The number of hydrogen-bond acceptors (Lipinski definition) is 3. The summed E-state index contributed by atoms with van der Waals surface area (Å²) < 4.78 is 0. The predicted octanol–water partition coefficient (Wildman–Crippen LogP) is 3.59. The van der Waals surface area contributed by atoms with Crippen molar-refractivity contribution in [1.82, 2.24) is 10.8 Å². The molecule has 0 fully saturated rings. The monoisotopic (exact) mass is 280 g/mol. The molecule has 0 aromatic rings. The lowest BCUT2D eigenvalue weighted by molar-refractivity contribution is 0.0580. The molecular formula is C17H32N2O. The van der Waals surface area contributed by atoms with Crippen LogP contribution in [0.5, 0.6) is 0 Å². The Hall–Kier alpha value is -0.640. The summed E-state index contributed by atoms with van der Waals surface area (Å²) >= 11 is 0. The van der Waals surface area contributed by atoms with Crippen molar-refractivity contribution in [2.45, 2.75) is 58.4 Å². The van der Waals surface area contributed by atoms with Crippen molar-refractivity contribution >= 4 is 0 Å². The van der Waals surface area contributed by atoms with Crippen LogP contribution in [0.4, 0.5) is 0 Å².